The van der Waals surface area contributed by atoms with Crippen molar-refractivity contribution >= 4 is 41.3 Å². The maximum absolute atomic E-state index is 13.6. The highest BCUT2D eigenvalue weighted by Gasteiger charge is 2.53. The van der Waals surface area contributed by atoms with Crippen molar-refractivity contribution in [1.82, 2.24) is 0 Å². The Labute approximate surface area is 301 Å². The van der Waals surface area contributed by atoms with Gasteiger partial charge in [-0.15, -0.1) is 0 Å². The van der Waals surface area contributed by atoms with Crippen molar-refractivity contribution in [3.63, 3.8) is 0 Å². The second kappa shape index (κ2) is 17.7. The fourth-order valence-corrected chi connectivity index (χ4v) is 5.32. The predicted octanol–water partition coefficient (Wildman–Crippen LogP) is 3.80. The Bertz CT molecular complexity index is 1860. The average molecular weight is 738 g/mol. The highest BCUT2D eigenvalue weighted by atomic mass is 16.7. The van der Waals surface area contributed by atoms with Gasteiger partial charge in [0.05, 0.1) is 10.5 Å². The van der Waals surface area contributed by atoms with Gasteiger partial charge < -0.3 is 38.3 Å². The van der Waals surface area contributed by atoms with E-state index in [1.54, 1.807) is 18.2 Å². The van der Waals surface area contributed by atoms with Crippen LogP contribution in [0.2, 0.25) is 0 Å². The van der Waals surface area contributed by atoms with Crippen LogP contribution in [-0.2, 0) is 49.3 Å². The smallest absolute Gasteiger partial charge is 0.343 e. The monoisotopic (exact) mass is 737 g/mol. The van der Waals surface area contributed by atoms with E-state index in [1.165, 1.54) is 36.4 Å². The van der Waals surface area contributed by atoms with Gasteiger partial charge in [0, 0.05) is 58.4 Å². The Balaban J connectivity index is 1.73. The van der Waals surface area contributed by atoms with Crippen molar-refractivity contribution in [2.75, 3.05) is 6.61 Å². The number of nitro benzene ring substituents is 1. The summed E-state index contributed by atoms with van der Waals surface area (Å²) >= 11 is 0. The molecule has 17 nitrogen and oxygen atoms in total. The van der Waals surface area contributed by atoms with Crippen LogP contribution >= 0.6 is 0 Å². The highest BCUT2D eigenvalue weighted by Crippen LogP contribution is 2.38. The second-order valence-corrected chi connectivity index (χ2v) is 11.6. The molecule has 5 atom stereocenters. The molecule has 3 aromatic carbocycles. The lowest BCUT2D eigenvalue weighted by Gasteiger charge is -2.43. The van der Waals surface area contributed by atoms with Gasteiger partial charge in [-0.05, 0) is 24.1 Å². The number of benzene rings is 3. The molecule has 1 N–H and O–H groups in total. The van der Waals surface area contributed by atoms with E-state index in [9.17, 15) is 44.0 Å². The molecule has 0 spiro atoms. The van der Waals surface area contributed by atoms with Crippen molar-refractivity contribution in [1.29, 1.82) is 0 Å². The van der Waals surface area contributed by atoms with Crippen molar-refractivity contribution < 1.29 is 72.0 Å². The lowest BCUT2D eigenvalue weighted by atomic mass is 9.98. The first-order valence-electron chi connectivity index (χ1n) is 16.0. The van der Waals surface area contributed by atoms with Crippen molar-refractivity contribution in [3.05, 3.63) is 93.5 Å². The number of non-ortho nitro benzene ring substituents is 1. The molecule has 0 bridgehead atoms. The molecule has 5 unspecified atom stereocenters. The predicted molar refractivity (Wildman–Crippen MR) is 178 cm³/mol. The Kier molecular flexibility index (Phi) is 13.2. The number of carbonyl (C=O) groups is 6. The van der Waals surface area contributed by atoms with Gasteiger partial charge in [-0.25, -0.2) is 4.79 Å². The molecule has 1 fully saturated rings. The van der Waals surface area contributed by atoms with Crippen LogP contribution < -0.4 is 9.47 Å². The van der Waals surface area contributed by atoms with E-state index in [2.05, 4.69) is 0 Å². The Hall–Kier alpha value is -6.36. The van der Waals surface area contributed by atoms with Crippen LogP contribution in [0.3, 0.4) is 0 Å². The van der Waals surface area contributed by atoms with E-state index in [-0.39, 0.29) is 29.8 Å². The molecule has 0 saturated carbocycles. The number of hydrogen-bond acceptors (Lipinski definition) is 16. The van der Waals surface area contributed by atoms with Gasteiger partial charge >= 0.3 is 29.8 Å². The first-order valence-corrected chi connectivity index (χ1v) is 16.0. The highest BCUT2D eigenvalue weighted by molar-refractivity contribution is 6.03. The third-order valence-electron chi connectivity index (χ3n) is 7.53. The van der Waals surface area contributed by atoms with E-state index in [4.69, 9.17) is 33.2 Å². The van der Waals surface area contributed by atoms with E-state index in [1.807, 2.05) is 0 Å². The van der Waals surface area contributed by atoms with Crippen LogP contribution in [0.4, 0.5) is 5.69 Å². The summed E-state index contributed by atoms with van der Waals surface area (Å²) < 4.78 is 38.8. The molecule has 4 rings (SSSR count). The molecular formula is C36H35NO16. The number of rotatable bonds is 14. The van der Waals surface area contributed by atoms with Crippen molar-refractivity contribution in [3.8, 4) is 17.2 Å². The van der Waals surface area contributed by atoms with Gasteiger partial charge in [-0.3, -0.25) is 34.1 Å². The normalized spacial score (nSPS) is 19.2. The summed E-state index contributed by atoms with van der Waals surface area (Å²) in [7, 11) is 0. The molecule has 0 aromatic heterocycles. The third kappa shape index (κ3) is 10.8. The minimum Gasteiger partial charge on any atom is -0.507 e. The minimum absolute atomic E-state index is 0.0992. The number of esters is 5. The number of Topliss-reactive ketones (excluding diaryl/α,β-unsaturated/α-hetero) is 1. The standard InChI is InChI=1S/C36H35NO16/c1-19(38)47-18-30-32(48-20(2)39)33(49-21(3)40)34(50-22(4)41)36(53-30)51-26-16-28(43)31(29(17-26)52-35(44)24-8-6-5-7-9-24)27(42)15-12-23-10-13-25(14-11-23)37(45)46/h5-11,13-14,16-17,30,32-34,36,43H,12,15,18H2,1-4H3. The summed E-state index contributed by atoms with van der Waals surface area (Å²) in [5.74, 6) is -6.35. The lowest BCUT2D eigenvalue weighted by molar-refractivity contribution is -0.384. The molecular weight excluding hydrogens is 702 g/mol. The Morgan fingerprint density at radius 1 is 0.792 bits per heavy atom. The number of nitro groups is 1. The molecule has 0 radical (unpaired) electrons. The van der Waals surface area contributed by atoms with Gasteiger partial charge in [-0.2, -0.15) is 0 Å². The number of ketones is 1. The van der Waals surface area contributed by atoms with Crippen molar-refractivity contribution in [2.45, 2.75) is 71.2 Å². The van der Waals surface area contributed by atoms with Crippen LogP contribution in [0.1, 0.15) is 60.4 Å². The van der Waals surface area contributed by atoms with Gasteiger partial charge in [-0.1, -0.05) is 30.3 Å². The molecule has 3 aromatic rings. The minimum atomic E-state index is -1.71. The fraction of sp³-hybridized carbons (Fsp3) is 0.333. The van der Waals surface area contributed by atoms with E-state index >= 15 is 0 Å². The quantitative estimate of drug-likeness (QED) is 0.0619. The molecule has 280 valence electrons. The van der Waals surface area contributed by atoms with Crippen LogP contribution in [-0.4, -0.2) is 83.0 Å². The largest absolute Gasteiger partial charge is 0.507 e. The van der Waals surface area contributed by atoms with Gasteiger partial charge in [0.2, 0.25) is 12.4 Å². The number of ether oxygens (including phenoxy) is 7. The summed E-state index contributed by atoms with van der Waals surface area (Å²) in [5.41, 5.74) is 0.141. The van der Waals surface area contributed by atoms with Crippen LogP contribution in [0.5, 0.6) is 17.2 Å². The van der Waals surface area contributed by atoms with Gasteiger partial charge in [0.25, 0.3) is 5.69 Å². The molecule has 17 heteroatoms. The number of carbonyl (C=O) groups excluding carboxylic acids is 6. The molecule has 0 amide bonds. The molecule has 1 aliphatic heterocycles. The first-order chi connectivity index (χ1) is 25.1. The lowest BCUT2D eigenvalue weighted by Crippen LogP contribution is -2.63. The van der Waals surface area contributed by atoms with Gasteiger partial charge in [0.1, 0.15) is 35.5 Å². The van der Waals surface area contributed by atoms with Crippen LogP contribution in [0.25, 0.3) is 0 Å². The SMILES string of the molecule is CC(=O)OCC1OC(Oc2cc(O)c(C(=O)CCc3ccc([N+](=O)[O-])cc3)c(OC(=O)c3ccccc3)c2)C(OC(C)=O)C(OC(C)=O)C1OC(C)=O. The molecule has 53 heavy (non-hydrogen) atoms. The summed E-state index contributed by atoms with van der Waals surface area (Å²) in [4.78, 5) is 85.3. The molecule has 1 aliphatic rings. The number of hydrogen-bond donors (Lipinski definition) is 1. The summed E-state index contributed by atoms with van der Waals surface area (Å²) in [6, 6.07) is 15.3. The zero-order valence-electron chi connectivity index (χ0n) is 28.9. The van der Waals surface area contributed by atoms with Crippen molar-refractivity contribution in [2.24, 2.45) is 0 Å². The molecule has 1 heterocycles. The molecule has 1 saturated heterocycles. The number of aryl methyl sites for hydroxylation is 1. The second-order valence-electron chi connectivity index (χ2n) is 11.6. The maximum Gasteiger partial charge on any atom is 0.343 e. The van der Waals surface area contributed by atoms with E-state index < -0.39 is 94.9 Å². The summed E-state index contributed by atoms with van der Waals surface area (Å²) in [5, 5.41) is 22.2. The Morgan fingerprint density at radius 2 is 1.40 bits per heavy atom. The topological polar surface area (TPSA) is 230 Å². The fourth-order valence-electron chi connectivity index (χ4n) is 5.32. The number of phenolic OH excluding ortho intramolecular Hbond substituents is 1. The van der Waals surface area contributed by atoms with E-state index in [0.717, 1.165) is 39.8 Å². The summed E-state index contributed by atoms with van der Waals surface area (Å²) in [6.07, 6.45) is -7.85. The molecule has 0 aliphatic carbocycles. The first kappa shape index (κ1) is 39.4. The summed E-state index contributed by atoms with van der Waals surface area (Å²) in [6.45, 7) is 3.72. The van der Waals surface area contributed by atoms with Crippen LogP contribution in [0, 0.1) is 10.1 Å². The van der Waals surface area contributed by atoms with Crippen LogP contribution in [0.15, 0.2) is 66.7 Å². The number of aromatic hydroxyl groups is 1. The number of nitrogens with zero attached hydrogens (tertiary/aromatic N) is 1. The number of phenols is 1. The zero-order valence-corrected chi connectivity index (χ0v) is 28.9. The Morgan fingerprint density at radius 3 is 1.98 bits per heavy atom. The van der Waals surface area contributed by atoms with E-state index in [0.29, 0.717) is 5.56 Å². The maximum atomic E-state index is 13.6. The third-order valence-corrected chi connectivity index (χ3v) is 7.53. The zero-order chi connectivity index (χ0) is 38.8. The van der Waals surface area contributed by atoms with Gasteiger partial charge in [0.15, 0.2) is 18.0 Å². The average Bonchev–Trinajstić information content (AvgIpc) is 3.08.